The van der Waals surface area contributed by atoms with Crippen LogP contribution >= 0.6 is 0 Å². The molecule has 52 valence electrons. The monoisotopic (exact) mass is 130 g/mol. The highest BCUT2D eigenvalue weighted by atomic mass is 19.1. The lowest BCUT2D eigenvalue weighted by Crippen LogP contribution is -2.58. The maximum Gasteiger partial charge on any atom is 0.122 e. The third-order valence-corrected chi connectivity index (χ3v) is 2.42. The lowest BCUT2D eigenvalue weighted by atomic mass is 9.80. The number of hydrogen-bond donors (Lipinski definition) is 2. The highest BCUT2D eigenvalue weighted by Crippen LogP contribution is 2.31. The molecule has 0 aromatic rings. The molecule has 2 fully saturated rings. The fourth-order valence-corrected chi connectivity index (χ4v) is 1.57. The van der Waals surface area contributed by atoms with Crippen LogP contribution < -0.4 is 10.6 Å². The molecule has 2 saturated heterocycles. The minimum atomic E-state index is -0.612. The van der Waals surface area contributed by atoms with Gasteiger partial charge in [0.1, 0.15) is 6.17 Å². The third kappa shape index (κ3) is 0.618. The minimum Gasteiger partial charge on any atom is -0.315 e. The summed E-state index contributed by atoms with van der Waals surface area (Å²) in [5, 5.41) is 6.14. The van der Waals surface area contributed by atoms with Crippen LogP contribution in [0.4, 0.5) is 4.39 Å². The van der Waals surface area contributed by atoms with Crippen molar-refractivity contribution in [2.75, 3.05) is 26.2 Å². The molecule has 2 nitrogen and oxygen atoms in total. The maximum atomic E-state index is 12.9. The van der Waals surface area contributed by atoms with Crippen LogP contribution in [0.2, 0.25) is 0 Å². The van der Waals surface area contributed by atoms with Gasteiger partial charge >= 0.3 is 0 Å². The van der Waals surface area contributed by atoms with Gasteiger partial charge in [0.2, 0.25) is 0 Å². The molecule has 0 aromatic heterocycles. The van der Waals surface area contributed by atoms with Crippen molar-refractivity contribution in [1.29, 1.82) is 0 Å². The summed E-state index contributed by atoms with van der Waals surface area (Å²) in [6.07, 6.45) is -0.612. The number of rotatable bonds is 0. The summed E-state index contributed by atoms with van der Waals surface area (Å²) in [4.78, 5) is 0. The predicted octanol–water partition coefficient (Wildman–Crippen LogP) is -0.483. The van der Waals surface area contributed by atoms with Gasteiger partial charge in [0, 0.05) is 31.6 Å². The molecule has 2 N–H and O–H groups in total. The van der Waals surface area contributed by atoms with E-state index in [9.17, 15) is 4.39 Å². The van der Waals surface area contributed by atoms with Crippen LogP contribution in [0.1, 0.15) is 0 Å². The van der Waals surface area contributed by atoms with Crippen molar-refractivity contribution in [3.05, 3.63) is 0 Å². The lowest BCUT2D eigenvalue weighted by molar-refractivity contribution is 0.0936. The molecule has 0 aromatic carbocycles. The van der Waals surface area contributed by atoms with Crippen molar-refractivity contribution in [2.24, 2.45) is 5.41 Å². The molecule has 9 heavy (non-hydrogen) atoms. The van der Waals surface area contributed by atoms with Crippen molar-refractivity contribution < 1.29 is 4.39 Å². The van der Waals surface area contributed by atoms with Crippen LogP contribution in [0.5, 0.6) is 0 Å². The Labute approximate surface area is 53.8 Å². The van der Waals surface area contributed by atoms with Gasteiger partial charge in [-0.05, 0) is 0 Å². The SMILES string of the molecule is FC1CNCC12CNC2. The van der Waals surface area contributed by atoms with E-state index in [0.29, 0.717) is 6.54 Å². The molecule has 2 rings (SSSR count). The molecule has 2 aliphatic rings. The zero-order valence-corrected chi connectivity index (χ0v) is 5.28. The van der Waals surface area contributed by atoms with Gasteiger partial charge in [-0.25, -0.2) is 4.39 Å². The van der Waals surface area contributed by atoms with Gasteiger partial charge in [0.05, 0.1) is 0 Å². The molecular weight excluding hydrogens is 119 g/mol. The topological polar surface area (TPSA) is 24.1 Å². The Balaban J connectivity index is 2.09. The molecular formula is C6H11FN2. The summed E-state index contributed by atoms with van der Waals surface area (Å²) in [5.41, 5.74) is -0.0139. The highest BCUT2D eigenvalue weighted by Gasteiger charge is 2.47. The Morgan fingerprint density at radius 1 is 1.22 bits per heavy atom. The van der Waals surface area contributed by atoms with Crippen molar-refractivity contribution in [2.45, 2.75) is 6.17 Å². The standard InChI is InChI=1S/C6H11FN2/c7-5-1-8-2-6(5)3-9-4-6/h5,8-9H,1-4H2. The highest BCUT2D eigenvalue weighted by molar-refractivity contribution is 5.04. The number of hydrogen-bond acceptors (Lipinski definition) is 2. The summed E-state index contributed by atoms with van der Waals surface area (Å²) in [7, 11) is 0. The van der Waals surface area contributed by atoms with Crippen LogP contribution in [0, 0.1) is 5.41 Å². The van der Waals surface area contributed by atoms with E-state index < -0.39 is 6.17 Å². The van der Waals surface area contributed by atoms with Gasteiger partial charge in [0.15, 0.2) is 0 Å². The van der Waals surface area contributed by atoms with Gasteiger partial charge in [-0.2, -0.15) is 0 Å². The van der Waals surface area contributed by atoms with Crippen molar-refractivity contribution in [1.82, 2.24) is 10.6 Å². The Hall–Kier alpha value is -0.150. The number of halogens is 1. The first-order valence-corrected chi connectivity index (χ1v) is 3.39. The first kappa shape index (κ1) is 5.62. The van der Waals surface area contributed by atoms with E-state index in [1.165, 1.54) is 0 Å². The second-order valence-corrected chi connectivity index (χ2v) is 3.06. The second-order valence-electron chi connectivity index (χ2n) is 3.06. The molecule has 1 atom stereocenters. The largest absolute Gasteiger partial charge is 0.315 e. The number of alkyl halides is 1. The normalized spacial score (nSPS) is 39.0. The average Bonchev–Trinajstić information content (AvgIpc) is 2.07. The van der Waals surface area contributed by atoms with Gasteiger partial charge < -0.3 is 10.6 Å². The predicted molar refractivity (Wildman–Crippen MR) is 33.1 cm³/mol. The van der Waals surface area contributed by atoms with Crippen LogP contribution in [0.15, 0.2) is 0 Å². The van der Waals surface area contributed by atoms with Crippen molar-refractivity contribution >= 4 is 0 Å². The van der Waals surface area contributed by atoms with E-state index in [1.807, 2.05) is 0 Å². The Morgan fingerprint density at radius 2 is 1.89 bits per heavy atom. The molecule has 0 aliphatic carbocycles. The summed E-state index contributed by atoms with van der Waals surface area (Å²) < 4.78 is 12.9. The van der Waals surface area contributed by atoms with Crippen LogP contribution in [-0.2, 0) is 0 Å². The zero-order valence-electron chi connectivity index (χ0n) is 5.28. The quantitative estimate of drug-likeness (QED) is 0.462. The average molecular weight is 130 g/mol. The Morgan fingerprint density at radius 3 is 2.11 bits per heavy atom. The Kier molecular flexibility index (Phi) is 1.04. The zero-order chi connectivity index (χ0) is 6.32. The molecule has 3 heteroatoms. The van der Waals surface area contributed by atoms with Crippen LogP contribution in [-0.4, -0.2) is 32.4 Å². The summed E-state index contributed by atoms with van der Waals surface area (Å²) in [6.45, 7) is 3.14. The molecule has 2 heterocycles. The van der Waals surface area contributed by atoms with E-state index in [4.69, 9.17) is 0 Å². The van der Waals surface area contributed by atoms with E-state index in [0.717, 1.165) is 19.6 Å². The van der Waals surface area contributed by atoms with E-state index in [-0.39, 0.29) is 5.41 Å². The van der Waals surface area contributed by atoms with Gasteiger partial charge in [0.25, 0.3) is 0 Å². The first-order valence-electron chi connectivity index (χ1n) is 3.39. The molecule has 2 aliphatic heterocycles. The van der Waals surface area contributed by atoms with Crippen LogP contribution in [0.3, 0.4) is 0 Å². The molecule has 0 amide bonds. The minimum absolute atomic E-state index is 0.0139. The van der Waals surface area contributed by atoms with Gasteiger partial charge in [-0.3, -0.25) is 0 Å². The van der Waals surface area contributed by atoms with Crippen LogP contribution in [0.25, 0.3) is 0 Å². The van der Waals surface area contributed by atoms with E-state index >= 15 is 0 Å². The third-order valence-electron chi connectivity index (χ3n) is 2.42. The van der Waals surface area contributed by atoms with Gasteiger partial charge in [-0.1, -0.05) is 0 Å². The Bertz CT molecular complexity index is 122. The second kappa shape index (κ2) is 1.67. The van der Waals surface area contributed by atoms with Gasteiger partial charge in [-0.15, -0.1) is 0 Å². The summed E-state index contributed by atoms with van der Waals surface area (Å²) in [5.74, 6) is 0. The molecule has 0 radical (unpaired) electrons. The number of nitrogens with one attached hydrogen (secondary N) is 2. The smallest absolute Gasteiger partial charge is 0.122 e. The fourth-order valence-electron chi connectivity index (χ4n) is 1.57. The summed E-state index contributed by atoms with van der Waals surface area (Å²) in [6, 6.07) is 0. The molecule has 1 spiro atoms. The summed E-state index contributed by atoms with van der Waals surface area (Å²) >= 11 is 0. The lowest BCUT2D eigenvalue weighted by Gasteiger charge is -2.40. The fraction of sp³-hybridized carbons (Fsp3) is 1.00. The molecule has 0 saturated carbocycles. The molecule has 0 bridgehead atoms. The first-order chi connectivity index (χ1) is 4.33. The van der Waals surface area contributed by atoms with Crippen molar-refractivity contribution in [3.63, 3.8) is 0 Å². The van der Waals surface area contributed by atoms with E-state index in [2.05, 4.69) is 10.6 Å². The van der Waals surface area contributed by atoms with E-state index in [1.54, 1.807) is 0 Å². The van der Waals surface area contributed by atoms with Crippen molar-refractivity contribution in [3.8, 4) is 0 Å². The molecule has 1 unspecified atom stereocenters. The maximum absolute atomic E-state index is 12.9.